The maximum absolute atomic E-state index is 12.8. The van der Waals surface area contributed by atoms with E-state index in [-0.39, 0.29) is 11.9 Å². The van der Waals surface area contributed by atoms with Crippen molar-refractivity contribution in [3.8, 4) is 5.75 Å². The van der Waals surface area contributed by atoms with Crippen molar-refractivity contribution in [2.24, 2.45) is 0 Å². The molecule has 98 valence electrons. The lowest BCUT2D eigenvalue weighted by Crippen LogP contribution is -2.54. The highest BCUT2D eigenvalue weighted by molar-refractivity contribution is 9.10. The number of ether oxygens (including phenoxy) is 1. The molecule has 0 bridgehead atoms. The summed E-state index contributed by atoms with van der Waals surface area (Å²) in [5.74, 6) is 0.483. The van der Waals surface area contributed by atoms with E-state index in [4.69, 9.17) is 4.74 Å². The summed E-state index contributed by atoms with van der Waals surface area (Å²) in [6.07, 6.45) is 0.171. The van der Waals surface area contributed by atoms with E-state index >= 15 is 0 Å². The third-order valence-electron chi connectivity index (χ3n) is 3.14. The number of benzene rings is 2. The van der Waals surface area contributed by atoms with Crippen molar-refractivity contribution < 1.29 is 9.13 Å². The van der Waals surface area contributed by atoms with Crippen molar-refractivity contribution in [3.05, 3.63) is 58.8 Å². The summed E-state index contributed by atoms with van der Waals surface area (Å²) in [5, 5.41) is 0. The molecule has 0 amide bonds. The van der Waals surface area contributed by atoms with Crippen LogP contribution in [-0.2, 0) is 0 Å². The SMILES string of the molecule is Fc1ccc(OC2CN(c3cccc(Br)c3)C2)cc1. The molecule has 2 aromatic rings. The van der Waals surface area contributed by atoms with Crippen molar-refractivity contribution in [3.63, 3.8) is 0 Å². The smallest absolute Gasteiger partial charge is 0.133 e. The molecule has 1 heterocycles. The summed E-state index contributed by atoms with van der Waals surface area (Å²) in [7, 11) is 0. The Morgan fingerprint density at radius 1 is 1.11 bits per heavy atom. The second-order valence-electron chi connectivity index (χ2n) is 4.58. The maximum Gasteiger partial charge on any atom is 0.133 e. The van der Waals surface area contributed by atoms with Crippen LogP contribution in [-0.4, -0.2) is 19.2 Å². The lowest BCUT2D eigenvalue weighted by atomic mass is 10.1. The quantitative estimate of drug-likeness (QED) is 0.851. The van der Waals surface area contributed by atoms with E-state index in [1.54, 1.807) is 12.1 Å². The maximum atomic E-state index is 12.8. The predicted octanol–water partition coefficient (Wildman–Crippen LogP) is 3.86. The molecule has 0 N–H and O–H groups in total. The topological polar surface area (TPSA) is 12.5 Å². The van der Waals surface area contributed by atoms with Crippen LogP contribution in [0.15, 0.2) is 53.0 Å². The minimum absolute atomic E-state index is 0.171. The minimum Gasteiger partial charge on any atom is -0.487 e. The molecule has 3 rings (SSSR count). The molecule has 2 aromatic carbocycles. The molecule has 1 aliphatic rings. The number of nitrogens with zero attached hydrogens (tertiary/aromatic N) is 1. The van der Waals surface area contributed by atoms with Gasteiger partial charge in [-0.2, -0.15) is 0 Å². The molecular formula is C15H13BrFNO. The Kier molecular flexibility index (Phi) is 3.42. The van der Waals surface area contributed by atoms with Crippen LogP contribution in [0, 0.1) is 5.82 Å². The third kappa shape index (κ3) is 2.89. The van der Waals surface area contributed by atoms with Crippen LogP contribution < -0.4 is 9.64 Å². The van der Waals surface area contributed by atoms with Gasteiger partial charge in [0.1, 0.15) is 17.7 Å². The largest absolute Gasteiger partial charge is 0.487 e. The fourth-order valence-electron chi connectivity index (χ4n) is 2.10. The molecule has 0 saturated carbocycles. The molecule has 0 aliphatic carbocycles. The molecule has 1 fully saturated rings. The number of anilines is 1. The summed E-state index contributed by atoms with van der Waals surface area (Å²) in [4.78, 5) is 2.25. The van der Waals surface area contributed by atoms with E-state index in [1.165, 1.54) is 17.8 Å². The van der Waals surface area contributed by atoms with E-state index in [9.17, 15) is 4.39 Å². The monoisotopic (exact) mass is 321 g/mol. The van der Waals surface area contributed by atoms with Crippen LogP contribution in [0.4, 0.5) is 10.1 Å². The second kappa shape index (κ2) is 5.21. The van der Waals surface area contributed by atoms with E-state index in [2.05, 4.69) is 33.0 Å². The van der Waals surface area contributed by atoms with Crippen LogP contribution in [0.2, 0.25) is 0 Å². The number of hydrogen-bond acceptors (Lipinski definition) is 2. The number of halogens is 2. The Labute approximate surface area is 119 Å². The molecular weight excluding hydrogens is 309 g/mol. The average molecular weight is 322 g/mol. The van der Waals surface area contributed by atoms with Gasteiger partial charge in [0.2, 0.25) is 0 Å². The second-order valence-corrected chi connectivity index (χ2v) is 5.49. The Balaban J connectivity index is 1.57. The fraction of sp³-hybridized carbons (Fsp3) is 0.200. The molecule has 0 atom stereocenters. The summed E-state index contributed by atoms with van der Waals surface area (Å²) < 4.78 is 19.6. The van der Waals surface area contributed by atoms with Crippen molar-refractivity contribution >= 4 is 21.6 Å². The summed E-state index contributed by atoms with van der Waals surface area (Å²) in [5.41, 5.74) is 1.19. The van der Waals surface area contributed by atoms with Crippen LogP contribution in [0.5, 0.6) is 5.75 Å². The van der Waals surface area contributed by atoms with Gasteiger partial charge in [-0.25, -0.2) is 4.39 Å². The van der Waals surface area contributed by atoms with Gasteiger partial charge in [0.25, 0.3) is 0 Å². The first-order valence-corrected chi connectivity index (χ1v) is 6.93. The van der Waals surface area contributed by atoms with E-state index in [1.807, 2.05) is 12.1 Å². The first-order chi connectivity index (χ1) is 9.20. The summed E-state index contributed by atoms with van der Waals surface area (Å²) >= 11 is 3.47. The zero-order valence-corrected chi connectivity index (χ0v) is 11.8. The Bertz CT molecular complexity index is 567. The zero-order valence-electron chi connectivity index (χ0n) is 10.2. The van der Waals surface area contributed by atoms with Gasteiger partial charge in [0, 0.05) is 10.2 Å². The summed E-state index contributed by atoms with van der Waals surface area (Å²) in [6.45, 7) is 1.71. The third-order valence-corrected chi connectivity index (χ3v) is 3.63. The minimum atomic E-state index is -0.239. The van der Waals surface area contributed by atoms with Gasteiger partial charge in [0.05, 0.1) is 13.1 Å². The van der Waals surface area contributed by atoms with E-state index in [0.717, 1.165) is 23.3 Å². The zero-order chi connectivity index (χ0) is 13.2. The number of rotatable bonds is 3. The Morgan fingerprint density at radius 3 is 2.53 bits per heavy atom. The van der Waals surface area contributed by atoms with E-state index < -0.39 is 0 Å². The van der Waals surface area contributed by atoms with Crippen molar-refractivity contribution in [1.82, 2.24) is 0 Å². The molecule has 1 saturated heterocycles. The van der Waals surface area contributed by atoms with E-state index in [0.29, 0.717) is 0 Å². The van der Waals surface area contributed by atoms with Crippen LogP contribution >= 0.6 is 15.9 Å². The van der Waals surface area contributed by atoms with Gasteiger partial charge in [-0.1, -0.05) is 22.0 Å². The molecule has 19 heavy (non-hydrogen) atoms. The highest BCUT2D eigenvalue weighted by Gasteiger charge is 2.28. The van der Waals surface area contributed by atoms with Crippen molar-refractivity contribution in [2.45, 2.75) is 6.10 Å². The van der Waals surface area contributed by atoms with Crippen molar-refractivity contribution in [1.29, 1.82) is 0 Å². The normalized spacial score (nSPS) is 15.2. The first kappa shape index (κ1) is 12.5. The highest BCUT2D eigenvalue weighted by Crippen LogP contribution is 2.26. The standard InChI is InChI=1S/C15H13BrFNO/c16-11-2-1-3-13(8-11)18-9-15(10-18)19-14-6-4-12(17)5-7-14/h1-8,15H,9-10H2. The molecule has 0 radical (unpaired) electrons. The summed E-state index contributed by atoms with van der Waals surface area (Å²) in [6, 6.07) is 14.4. The fourth-order valence-corrected chi connectivity index (χ4v) is 2.49. The van der Waals surface area contributed by atoms with Gasteiger partial charge in [-0.3, -0.25) is 0 Å². The Morgan fingerprint density at radius 2 is 1.84 bits per heavy atom. The Hall–Kier alpha value is -1.55. The van der Waals surface area contributed by atoms with Gasteiger partial charge in [-0.05, 0) is 42.5 Å². The highest BCUT2D eigenvalue weighted by atomic mass is 79.9. The van der Waals surface area contributed by atoms with Crippen LogP contribution in [0.25, 0.3) is 0 Å². The lowest BCUT2D eigenvalue weighted by Gasteiger charge is -2.40. The molecule has 0 spiro atoms. The van der Waals surface area contributed by atoms with Gasteiger partial charge in [0.15, 0.2) is 0 Å². The average Bonchev–Trinajstić information content (AvgIpc) is 2.35. The molecule has 0 unspecified atom stereocenters. The van der Waals surface area contributed by atoms with Crippen molar-refractivity contribution in [2.75, 3.05) is 18.0 Å². The molecule has 4 heteroatoms. The van der Waals surface area contributed by atoms with Gasteiger partial charge < -0.3 is 9.64 Å². The van der Waals surface area contributed by atoms with Crippen LogP contribution in [0.3, 0.4) is 0 Å². The molecule has 1 aliphatic heterocycles. The predicted molar refractivity (Wildman–Crippen MR) is 77.2 cm³/mol. The van der Waals surface area contributed by atoms with Crippen LogP contribution in [0.1, 0.15) is 0 Å². The number of hydrogen-bond donors (Lipinski definition) is 0. The van der Waals surface area contributed by atoms with Gasteiger partial charge >= 0.3 is 0 Å². The molecule has 0 aromatic heterocycles. The lowest BCUT2D eigenvalue weighted by molar-refractivity contribution is 0.167. The van der Waals surface area contributed by atoms with Gasteiger partial charge in [-0.15, -0.1) is 0 Å². The first-order valence-electron chi connectivity index (χ1n) is 6.13. The molecule has 2 nitrogen and oxygen atoms in total.